The first-order chi connectivity index (χ1) is 5.66. The summed E-state index contributed by atoms with van der Waals surface area (Å²) >= 11 is 5.68. The number of carbonyl (C=O) groups excluding carboxylic acids is 1. The maximum Gasteiger partial charge on any atom is 0.358 e. The minimum Gasteiger partial charge on any atom is -0.464 e. The summed E-state index contributed by atoms with van der Waals surface area (Å²) in [5.41, 5.74) is 5.79. The molecule has 0 aliphatic carbocycles. The fourth-order valence-electron chi connectivity index (χ4n) is 0.698. The van der Waals surface area contributed by atoms with Crippen molar-refractivity contribution in [2.45, 2.75) is 0 Å². The quantitative estimate of drug-likeness (QED) is 0.668. The van der Waals surface area contributed by atoms with Gasteiger partial charge in [0.05, 0.1) is 17.8 Å². The molecule has 0 atom stereocenters. The molecule has 0 fully saturated rings. The molecule has 0 aliphatic rings. The number of nitrogens with zero attached hydrogens (tertiary/aromatic N) is 1. The predicted octanol–water partition coefficient (Wildman–Crippen LogP) is 1.10. The van der Waals surface area contributed by atoms with E-state index in [1.54, 1.807) is 0 Å². The van der Waals surface area contributed by atoms with Gasteiger partial charge in [0, 0.05) is 6.20 Å². The third-order valence-electron chi connectivity index (χ3n) is 1.30. The van der Waals surface area contributed by atoms with Crippen molar-refractivity contribution in [3.8, 4) is 0 Å². The van der Waals surface area contributed by atoms with Crippen LogP contribution in [0, 0.1) is 0 Å². The Kier molecular flexibility index (Phi) is 2.50. The second-order valence-corrected chi connectivity index (χ2v) is 2.43. The number of hydrogen-bond donors (Lipinski definition) is 1. The summed E-state index contributed by atoms with van der Waals surface area (Å²) in [6, 6.07) is 1.51. The maximum absolute atomic E-state index is 11.0. The summed E-state index contributed by atoms with van der Waals surface area (Å²) < 4.78 is 4.43. The Labute approximate surface area is 74.3 Å². The van der Waals surface area contributed by atoms with Gasteiger partial charge in [-0.15, -0.1) is 0 Å². The Balaban J connectivity index is 3.16. The van der Waals surface area contributed by atoms with Crippen LogP contribution in [0.5, 0.6) is 0 Å². The van der Waals surface area contributed by atoms with Gasteiger partial charge in [-0.1, -0.05) is 11.6 Å². The number of pyridine rings is 1. The second kappa shape index (κ2) is 3.40. The van der Waals surface area contributed by atoms with Crippen molar-refractivity contribution >= 4 is 23.3 Å². The Morgan fingerprint density at radius 2 is 2.42 bits per heavy atom. The van der Waals surface area contributed by atoms with Crippen LogP contribution in [-0.2, 0) is 4.74 Å². The molecule has 0 radical (unpaired) electrons. The molecule has 1 aromatic rings. The molecule has 5 heteroatoms. The molecule has 0 aromatic carbocycles. The standard InChI is InChI=1S/C7H7ClN2O2/c1-12-7(11)6-5(8)4(9)2-3-10-6/h2-3H,1H3,(H2,9,10). The van der Waals surface area contributed by atoms with Crippen LogP contribution in [0.15, 0.2) is 12.3 Å². The summed E-state index contributed by atoms with van der Waals surface area (Å²) in [6.45, 7) is 0. The van der Waals surface area contributed by atoms with Crippen molar-refractivity contribution in [2.75, 3.05) is 12.8 Å². The Bertz CT molecular complexity index is 314. The van der Waals surface area contributed by atoms with Gasteiger partial charge >= 0.3 is 5.97 Å². The van der Waals surface area contributed by atoms with E-state index in [1.807, 2.05) is 0 Å². The van der Waals surface area contributed by atoms with Gasteiger partial charge < -0.3 is 10.5 Å². The van der Waals surface area contributed by atoms with E-state index in [1.165, 1.54) is 19.4 Å². The summed E-state index contributed by atoms with van der Waals surface area (Å²) in [4.78, 5) is 14.7. The van der Waals surface area contributed by atoms with Crippen LogP contribution in [0.4, 0.5) is 5.69 Å². The van der Waals surface area contributed by atoms with E-state index < -0.39 is 5.97 Å². The molecule has 1 heterocycles. The highest BCUT2D eigenvalue weighted by molar-refractivity contribution is 6.35. The molecule has 12 heavy (non-hydrogen) atoms. The zero-order valence-electron chi connectivity index (χ0n) is 6.37. The third-order valence-corrected chi connectivity index (χ3v) is 1.70. The number of esters is 1. The van der Waals surface area contributed by atoms with Crippen LogP contribution in [0.3, 0.4) is 0 Å². The van der Waals surface area contributed by atoms with Gasteiger partial charge in [-0.05, 0) is 6.07 Å². The van der Waals surface area contributed by atoms with E-state index >= 15 is 0 Å². The highest BCUT2D eigenvalue weighted by atomic mass is 35.5. The van der Waals surface area contributed by atoms with Crippen molar-refractivity contribution in [1.29, 1.82) is 0 Å². The van der Waals surface area contributed by atoms with E-state index in [0.717, 1.165) is 0 Å². The van der Waals surface area contributed by atoms with Gasteiger partial charge in [0.15, 0.2) is 5.69 Å². The first-order valence-electron chi connectivity index (χ1n) is 3.15. The van der Waals surface area contributed by atoms with Crippen molar-refractivity contribution in [2.24, 2.45) is 0 Å². The minimum atomic E-state index is -0.590. The van der Waals surface area contributed by atoms with Crippen LogP contribution in [-0.4, -0.2) is 18.1 Å². The zero-order valence-corrected chi connectivity index (χ0v) is 7.13. The molecular formula is C7H7ClN2O2. The third kappa shape index (κ3) is 1.48. The lowest BCUT2D eigenvalue weighted by Gasteiger charge is -2.02. The number of halogens is 1. The lowest BCUT2D eigenvalue weighted by Crippen LogP contribution is -2.06. The molecule has 0 spiro atoms. The minimum absolute atomic E-state index is 0.0409. The van der Waals surface area contributed by atoms with Crippen molar-refractivity contribution in [1.82, 2.24) is 4.98 Å². The first kappa shape index (κ1) is 8.80. The Hall–Kier alpha value is -1.29. The number of anilines is 1. The second-order valence-electron chi connectivity index (χ2n) is 2.05. The highest BCUT2D eigenvalue weighted by Crippen LogP contribution is 2.21. The molecule has 0 saturated heterocycles. The van der Waals surface area contributed by atoms with Gasteiger partial charge in [-0.2, -0.15) is 0 Å². The Morgan fingerprint density at radius 3 is 3.00 bits per heavy atom. The number of aromatic nitrogens is 1. The van der Waals surface area contributed by atoms with Crippen molar-refractivity contribution in [3.63, 3.8) is 0 Å². The summed E-state index contributed by atoms with van der Waals surface area (Å²) in [7, 11) is 1.25. The monoisotopic (exact) mass is 186 g/mol. The van der Waals surface area contributed by atoms with E-state index in [4.69, 9.17) is 17.3 Å². The van der Waals surface area contributed by atoms with Crippen LogP contribution in [0.1, 0.15) is 10.5 Å². The lowest BCUT2D eigenvalue weighted by molar-refractivity contribution is 0.0594. The van der Waals surface area contributed by atoms with Gasteiger partial charge in [0.1, 0.15) is 0 Å². The summed E-state index contributed by atoms with van der Waals surface area (Å²) in [5.74, 6) is -0.590. The van der Waals surface area contributed by atoms with E-state index in [-0.39, 0.29) is 10.7 Å². The van der Waals surface area contributed by atoms with Crippen LogP contribution < -0.4 is 5.73 Å². The molecule has 64 valence electrons. The first-order valence-corrected chi connectivity index (χ1v) is 3.53. The van der Waals surface area contributed by atoms with Gasteiger partial charge in [0.25, 0.3) is 0 Å². The zero-order chi connectivity index (χ0) is 9.14. The van der Waals surface area contributed by atoms with Crippen LogP contribution in [0.25, 0.3) is 0 Å². The molecule has 0 aliphatic heterocycles. The average Bonchev–Trinajstić information content (AvgIpc) is 2.08. The number of methoxy groups -OCH3 is 1. The predicted molar refractivity (Wildman–Crippen MR) is 45.0 cm³/mol. The average molecular weight is 187 g/mol. The normalized spacial score (nSPS) is 9.50. The fraction of sp³-hybridized carbons (Fsp3) is 0.143. The number of nitrogens with two attached hydrogens (primary N) is 1. The van der Waals surface area contributed by atoms with Gasteiger partial charge in [0.2, 0.25) is 0 Å². The van der Waals surface area contributed by atoms with Crippen molar-refractivity contribution < 1.29 is 9.53 Å². The topological polar surface area (TPSA) is 65.2 Å². The summed E-state index contributed by atoms with van der Waals surface area (Å²) in [6.07, 6.45) is 1.40. The number of carbonyl (C=O) groups is 1. The molecule has 1 aromatic heterocycles. The van der Waals surface area contributed by atoms with E-state index in [9.17, 15) is 4.79 Å². The largest absolute Gasteiger partial charge is 0.464 e. The number of rotatable bonds is 1. The molecule has 2 N–H and O–H groups in total. The van der Waals surface area contributed by atoms with Crippen LogP contribution in [0.2, 0.25) is 5.02 Å². The molecule has 0 amide bonds. The number of ether oxygens (including phenoxy) is 1. The van der Waals surface area contributed by atoms with Crippen molar-refractivity contribution in [3.05, 3.63) is 23.0 Å². The lowest BCUT2D eigenvalue weighted by atomic mass is 10.3. The Morgan fingerprint density at radius 1 is 1.75 bits per heavy atom. The van der Waals surface area contributed by atoms with Crippen LogP contribution >= 0.6 is 11.6 Å². The number of hydrogen-bond acceptors (Lipinski definition) is 4. The fourth-order valence-corrected chi connectivity index (χ4v) is 0.887. The molecule has 4 nitrogen and oxygen atoms in total. The maximum atomic E-state index is 11.0. The van der Waals surface area contributed by atoms with E-state index in [0.29, 0.717) is 5.69 Å². The van der Waals surface area contributed by atoms with Gasteiger partial charge in [-0.3, -0.25) is 0 Å². The molecule has 0 saturated carbocycles. The molecule has 0 bridgehead atoms. The highest BCUT2D eigenvalue weighted by Gasteiger charge is 2.13. The molecule has 0 unspecified atom stereocenters. The van der Waals surface area contributed by atoms with E-state index in [2.05, 4.69) is 9.72 Å². The smallest absolute Gasteiger partial charge is 0.358 e. The van der Waals surface area contributed by atoms with Gasteiger partial charge in [-0.25, -0.2) is 9.78 Å². The number of nitrogen functional groups attached to an aromatic ring is 1. The summed E-state index contributed by atoms with van der Waals surface area (Å²) in [5, 5.41) is 0.129. The molecular weight excluding hydrogens is 180 g/mol. The molecule has 1 rings (SSSR count). The SMILES string of the molecule is COC(=O)c1nccc(N)c1Cl.